The number of halogens is 1. The largest absolute Gasteiger partial charge is 0.479 e. The van der Waals surface area contributed by atoms with Crippen LogP contribution in [0.1, 0.15) is 55.1 Å². The number of hydrogen-bond acceptors (Lipinski definition) is 10. The molecule has 2 fully saturated rings. The number of aliphatic hydroxyl groups excluding tert-OH is 5. The number of carboxylic acid groups (broad SMARTS) is 2. The SMILES string of the molecule is Cc1c(N2CCC(N)C(C)(C)C2)c(F)cc2c(=O)c(C(=O)O)cn(C3CC3)c12.O=C(O)[C@H](O)[C@@H](O)[C@H](O)[C@H](O)CO. The summed E-state index contributed by atoms with van der Waals surface area (Å²) in [6, 6.07) is 1.42. The number of hydrogen-bond donors (Lipinski definition) is 8. The van der Waals surface area contributed by atoms with Gasteiger partial charge in [-0.2, -0.15) is 0 Å². The van der Waals surface area contributed by atoms with Crippen LogP contribution in [0.15, 0.2) is 17.1 Å². The molecule has 1 aromatic carbocycles. The van der Waals surface area contributed by atoms with E-state index in [0.29, 0.717) is 29.9 Å². The number of aromatic nitrogens is 1. The Hall–Kier alpha value is -3.14. The van der Waals surface area contributed by atoms with Gasteiger partial charge in [0.25, 0.3) is 0 Å². The van der Waals surface area contributed by atoms with E-state index in [1.54, 1.807) is 0 Å². The summed E-state index contributed by atoms with van der Waals surface area (Å²) in [6.07, 6.45) is -3.80. The smallest absolute Gasteiger partial charge is 0.341 e. The highest BCUT2D eigenvalue weighted by atomic mass is 19.1. The van der Waals surface area contributed by atoms with Gasteiger partial charge in [-0.1, -0.05) is 13.8 Å². The zero-order valence-electron chi connectivity index (χ0n) is 23.1. The molecule has 0 radical (unpaired) electrons. The van der Waals surface area contributed by atoms with Crippen molar-refractivity contribution < 1.29 is 49.7 Å². The van der Waals surface area contributed by atoms with Crippen molar-refractivity contribution >= 4 is 28.5 Å². The lowest BCUT2D eigenvalue weighted by molar-refractivity contribution is -0.164. The average molecular weight is 584 g/mol. The van der Waals surface area contributed by atoms with E-state index in [4.69, 9.17) is 36.4 Å². The van der Waals surface area contributed by atoms with Crippen molar-refractivity contribution in [3.05, 3.63) is 39.4 Å². The van der Waals surface area contributed by atoms with Crippen molar-refractivity contribution in [1.29, 1.82) is 0 Å². The van der Waals surface area contributed by atoms with E-state index in [0.717, 1.165) is 19.3 Å². The van der Waals surface area contributed by atoms with Crippen LogP contribution in [-0.4, -0.2) is 102 Å². The number of fused-ring (bicyclic) bond motifs is 1. The van der Waals surface area contributed by atoms with E-state index >= 15 is 4.39 Å². The summed E-state index contributed by atoms with van der Waals surface area (Å²) in [5, 5.41) is 61.4. The molecule has 13 nitrogen and oxygen atoms in total. The Balaban J connectivity index is 0.000000302. The molecule has 14 heteroatoms. The van der Waals surface area contributed by atoms with Gasteiger partial charge in [-0.15, -0.1) is 0 Å². The van der Waals surface area contributed by atoms with E-state index in [9.17, 15) is 19.5 Å². The van der Waals surface area contributed by atoms with Crippen LogP contribution in [0.5, 0.6) is 0 Å². The standard InChI is InChI=1S/C21H26FN3O3.C6H12O7/c1-11-17-13(19(26)14(20(27)28)9-25(17)12-4-5-12)8-15(22)18(11)24-7-6-16(23)21(2,3)10-24;7-1-2(8)3(9)4(10)5(11)6(12)13/h8-9,12,16H,4-7,10,23H2,1-3H3,(H,27,28);2-5,7-11H,1H2,(H,12,13)/t;2-,3-,4+,5-/m.1/s1. The van der Waals surface area contributed by atoms with Crippen LogP contribution in [0.4, 0.5) is 10.1 Å². The normalized spacial score (nSPS) is 21.4. The number of carboxylic acids is 2. The number of aliphatic hydroxyl groups is 5. The molecule has 1 saturated carbocycles. The molecule has 2 aromatic rings. The van der Waals surface area contributed by atoms with Crippen molar-refractivity contribution in [1.82, 2.24) is 4.57 Å². The van der Waals surface area contributed by atoms with E-state index in [1.807, 2.05) is 16.4 Å². The van der Waals surface area contributed by atoms with Crippen molar-refractivity contribution in [2.24, 2.45) is 11.1 Å². The first-order valence-corrected chi connectivity index (χ1v) is 13.2. The summed E-state index contributed by atoms with van der Waals surface area (Å²) in [6.45, 7) is 6.41. The third-order valence-corrected chi connectivity index (χ3v) is 7.79. The van der Waals surface area contributed by atoms with Crippen LogP contribution in [0.3, 0.4) is 0 Å². The number of piperidine rings is 1. The second-order valence-electron chi connectivity index (χ2n) is 11.4. The first-order chi connectivity index (χ1) is 19.0. The minimum absolute atomic E-state index is 0.0512. The number of benzene rings is 1. The highest BCUT2D eigenvalue weighted by Crippen LogP contribution is 2.41. The van der Waals surface area contributed by atoms with Gasteiger partial charge in [0.05, 0.1) is 17.8 Å². The average Bonchev–Trinajstić information content (AvgIpc) is 3.75. The molecule has 0 bridgehead atoms. The number of nitrogens with two attached hydrogens (primary N) is 1. The zero-order valence-corrected chi connectivity index (χ0v) is 23.1. The predicted octanol–water partition coefficient (Wildman–Crippen LogP) is -0.447. The highest BCUT2D eigenvalue weighted by Gasteiger charge is 2.36. The topological polar surface area (TPSA) is 227 Å². The van der Waals surface area contributed by atoms with Crippen LogP contribution < -0.4 is 16.1 Å². The third-order valence-electron chi connectivity index (χ3n) is 7.79. The van der Waals surface area contributed by atoms with Gasteiger partial charge in [-0.25, -0.2) is 14.0 Å². The quantitative estimate of drug-likeness (QED) is 0.198. The van der Waals surface area contributed by atoms with Gasteiger partial charge in [-0.3, -0.25) is 4.79 Å². The number of nitrogens with zero attached hydrogens (tertiary/aromatic N) is 2. The van der Waals surface area contributed by atoms with Crippen molar-refractivity contribution in [2.75, 3.05) is 24.6 Å². The Bertz CT molecular complexity index is 1360. The Morgan fingerprint density at radius 1 is 1.12 bits per heavy atom. The molecule has 41 heavy (non-hydrogen) atoms. The van der Waals surface area contributed by atoms with Gasteiger partial charge >= 0.3 is 11.9 Å². The Morgan fingerprint density at radius 2 is 1.73 bits per heavy atom. The molecule has 5 atom stereocenters. The van der Waals surface area contributed by atoms with Crippen molar-refractivity contribution in [3.63, 3.8) is 0 Å². The fraction of sp³-hybridized carbons (Fsp3) is 0.593. The Kier molecular flexibility index (Phi) is 9.78. The first kappa shape index (κ1) is 32.4. The molecule has 0 amide bonds. The second kappa shape index (κ2) is 12.4. The van der Waals surface area contributed by atoms with Crippen molar-refractivity contribution in [2.45, 2.75) is 76.5 Å². The predicted molar refractivity (Wildman–Crippen MR) is 145 cm³/mol. The molecular formula is C27H38FN3O10. The van der Waals surface area contributed by atoms with Crippen LogP contribution in [-0.2, 0) is 4.79 Å². The number of aliphatic carboxylic acids is 1. The zero-order chi connectivity index (χ0) is 31.0. The second-order valence-corrected chi connectivity index (χ2v) is 11.4. The molecule has 1 aromatic heterocycles. The summed E-state index contributed by atoms with van der Waals surface area (Å²) >= 11 is 0. The number of aryl methyl sites for hydroxylation is 1. The maximum absolute atomic E-state index is 15.2. The molecule has 228 valence electrons. The molecule has 1 unspecified atom stereocenters. The van der Waals surface area contributed by atoms with E-state index in [2.05, 4.69) is 13.8 Å². The lowest BCUT2D eigenvalue weighted by atomic mass is 9.79. The Labute approximate surface area is 234 Å². The lowest BCUT2D eigenvalue weighted by Gasteiger charge is -2.44. The van der Waals surface area contributed by atoms with E-state index in [1.165, 1.54) is 12.3 Å². The minimum Gasteiger partial charge on any atom is -0.479 e. The fourth-order valence-electron chi connectivity index (χ4n) is 5.08. The number of carbonyl (C=O) groups is 2. The van der Waals surface area contributed by atoms with Gasteiger partial charge in [0.2, 0.25) is 5.43 Å². The fourth-order valence-corrected chi connectivity index (χ4v) is 5.08. The monoisotopic (exact) mass is 583 g/mol. The molecule has 2 aliphatic rings. The number of rotatable bonds is 8. The van der Waals surface area contributed by atoms with E-state index < -0.39 is 54.2 Å². The lowest BCUT2D eigenvalue weighted by Crippen LogP contribution is -2.52. The molecule has 9 N–H and O–H groups in total. The summed E-state index contributed by atoms with van der Waals surface area (Å²) in [5.74, 6) is -3.50. The molecule has 1 aliphatic carbocycles. The van der Waals surface area contributed by atoms with Crippen LogP contribution in [0.2, 0.25) is 0 Å². The summed E-state index contributed by atoms with van der Waals surface area (Å²) in [7, 11) is 0. The van der Waals surface area contributed by atoms with Crippen LogP contribution >= 0.6 is 0 Å². The molecular weight excluding hydrogens is 545 g/mol. The molecule has 4 rings (SSSR count). The van der Waals surface area contributed by atoms with Gasteiger partial charge in [0.1, 0.15) is 29.7 Å². The molecule has 2 heterocycles. The number of pyridine rings is 1. The maximum atomic E-state index is 15.2. The molecule has 0 spiro atoms. The minimum atomic E-state index is -2.20. The molecule has 1 saturated heterocycles. The first-order valence-electron chi connectivity index (χ1n) is 13.2. The number of aromatic carboxylic acids is 1. The van der Waals surface area contributed by atoms with Crippen molar-refractivity contribution in [3.8, 4) is 0 Å². The van der Waals surface area contributed by atoms with Gasteiger partial charge in [0, 0.05) is 36.8 Å². The van der Waals surface area contributed by atoms with Gasteiger partial charge in [0.15, 0.2) is 6.10 Å². The maximum Gasteiger partial charge on any atom is 0.341 e. The molecule has 1 aliphatic heterocycles. The summed E-state index contributed by atoms with van der Waals surface area (Å²) in [4.78, 5) is 36.3. The van der Waals surface area contributed by atoms with Crippen LogP contribution in [0.25, 0.3) is 10.9 Å². The van der Waals surface area contributed by atoms with Gasteiger partial charge in [-0.05, 0) is 43.2 Å². The van der Waals surface area contributed by atoms with Crippen LogP contribution in [0, 0.1) is 18.2 Å². The summed E-state index contributed by atoms with van der Waals surface area (Å²) in [5.41, 5.74) is 6.95. The van der Waals surface area contributed by atoms with Gasteiger partial charge < -0.3 is 50.9 Å². The summed E-state index contributed by atoms with van der Waals surface area (Å²) < 4.78 is 17.1. The highest BCUT2D eigenvalue weighted by molar-refractivity contribution is 5.95. The Morgan fingerprint density at radius 3 is 2.22 bits per heavy atom. The van der Waals surface area contributed by atoms with E-state index in [-0.39, 0.29) is 28.4 Å². The third kappa shape index (κ3) is 6.68. The number of anilines is 1.